The van der Waals surface area contributed by atoms with Gasteiger partial charge in [-0.25, -0.2) is 4.79 Å². The van der Waals surface area contributed by atoms with Crippen molar-refractivity contribution in [2.75, 3.05) is 25.1 Å². The van der Waals surface area contributed by atoms with Gasteiger partial charge in [-0.3, -0.25) is 4.79 Å². The molecule has 0 aliphatic rings. The summed E-state index contributed by atoms with van der Waals surface area (Å²) in [6.45, 7) is 8.22. The first-order valence-electron chi connectivity index (χ1n) is 8.45. The molecule has 140 valence electrons. The molecule has 7 nitrogen and oxygen atoms in total. The number of carbonyl (C=O) groups is 2. The maximum Gasteiger partial charge on any atom is 0.315 e. The van der Waals surface area contributed by atoms with Crippen LogP contribution in [-0.2, 0) is 9.53 Å². The van der Waals surface area contributed by atoms with Crippen LogP contribution in [0.15, 0.2) is 24.3 Å². The summed E-state index contributed by atoms with van der Waals surface area (Å²) in [7, 11) is 0. The van der Waals surface area contributed by atoms with Gasteiger partial charge in [0.05, 0.1) is 18.8 Å². The maximum atomic E-state index is 11.9. The van der Waals surface area contributed by atoms with Crippen molar-refractivity contribution in [3.05, 3.63) is 29.8 Å². The molecule has 0 bridgehead atoms. The summed E-state index contributed by atoms with van der Waals surface area (Å²) in [5, 5.41) is 17.9. The van der Waals surface area contributed by atoms with E-state index in [9.17, 15) is 14.7 Å². The number of benzene rings is 1. The Morgan fingerprint density at radius 2 is 1.92 bits per heavy atom. The summed E-state index contributed by atoms with van der Waals surface area (Å²) in [5.74, 6) is 0.252. The van der Waals surface area contributed by atoms with E-state index in [2.05, 4.69) is 16.0 Å². The van der Waals surface area contributed by atoms with Crippen LogP contribution in [0.5, 0.6) is 0 Å². The van der Waals surface area contributed by atoms with E-state index in [4.69, 9.17) is 4.74 Å². The zero-order valence-corrected chi connectivity index (χ0v) is 15.3. The number of anilines is 1. The van der Waals surface area contributed by atoms with E-state index < -0.39 is 6.10 Å². The Kier molecular flexibility index (Phi) is 8.94. The van der Waals surface area contributed by atoms with Gasteiger partial charge in [-0.2, -0.15) is 0 Å². The van der Waals surface area contributed by atoms with Crippen LogP contribution in [0.1, 0.15) is 39.3 Å². The minimum atomic E-state index is -0.747. The Balaban J connectivity index is 2.39. The number of carbonyl (C=O) groups excluding carboxylic acids is 2. The summed E-state index contributed by atoms with van der Waals surface area (Å²) in [6, 6.07) is 6.65. The van der Waals surface area contributed by atoms with Gasteiger partial charge in [0.25, 0.3) is 0 Å². The zero-order valence-electron chi connectivity index (χ0n) is 15.3. The predicted octanol–water partition coefficient (Wildman–Crippen LogP) is 2.04. The quantitative estimate of drug-likeness (QED) is 0.547. The van der Waals surface area contributed by atoms with Crippen molar-refractivity contribution in [1.29, 1.82) is 0 Å². The number of amides is 3. The summed E-state index contributed by atoms with van der Waals surface area (Å²) >= 11 is 0. The molecule has 0 saturated carbocycles. The first-order valence-corrected chi connectivity index (χ1v) is 8.45. The van der Waals surface area contributed by atoms with Gasteiger partial charge in [0, 0.05) is 25.8 Å². The van der Waals surface area contributed by atoms with E-state index >= 15 is 0 Å². The van der Waals surface area contributed by atoms with Gasteiger partial charge in [0.15, 0.2) is 0 Å². The van der Waals surface area contributed by atoms with E-state index in [1.807, 2.05) is 32.9 Å². The molecule has 0 saturated heterocycles. The van der Waals surface area contributed by atoms with Crippen molar-refractivity contribution in [2.45, 2.75) is 39.8 Å². The molecule has 0 heterocycles. The normalized spacial score (nSPS) is 13.2. The first kappa shape index (κ1) is 20.9. The molecule has 0 radical (unpaired) electrons. The molecular formula is C18H29N3O4. The lowest BCUT2D eigenvalue weighted by Gasteiger charge is -2.18. The van der Waals surface area contributed by atoms with Gasteiger partial charge < -0.3 is 25.8 Å². The smallest absolute Gasteiger partial charge is 0.315 e. The molecule has 0 unspecified atom stereocenters. The maximum absolute atomic E-state index is 11.9. The van der Waals surface area contributed by atoms with Crippen LogP contribution in [0.25, 0.3) is 0 Å². The lowest BCUT2D eigenvalue weighted by molar-refractivity contribution is -0.114. The Morgan fingerprint density at radius 3 is 2.56 bits per heavy atom. The molecule has 0 spiro atoms. The number of aliphatic hydroxyl groups excluding tert-OH is 1. The number of hydrogen-bond acceptors (Lipinski definition) is 4. The van der Waals surface area contributed by atoms with Crippen molar-refractivity contribution >= 4 is 17.6 Å². The molecule has 25 heavy (non-hydrogen) atoms. The molecule has 0 aromatic heterocycles. The van der Waals surface area contributed by atoms with Gasteiger partial charge in [0.2, 0.25) is 5.91 Å². The van der Waals surface area contributed by atoms with Crippen LogP contribution < -0.4 is 16.0 Å². The number of ether oxygens (including phenoxy) is 1. The summed E-state index contributed by atoms with van der Waals surface area (Å²) < 4.78 is 5.33. The van der Waals surface area contributed by atoms with Gasteiger partial charge >= 0.3 is 6.03 Å². The third-order valence-corrected chi connectivity index (χ3v) is 3.31. The number of nitrogens with one attached hydrogen (secondary N) is 3. The van der Waals surface area contributed by atoms with E-state index in [0.717, 1.165) is 5.56 Å². The van der Waals surface area contributed by atoms with E-state index in [0.29, 0.717) is 18.2 Å². The first-order chi connectivity index (χ1) is 11.8. The van der Waals surface area contributed by atoms with Gasteiger partial charge in [-0.15, -0.1) is 0 Å². The Bertz CT molecular complexity index is 563. The van der Waals surface area contributed by atoms with Crippen LogP contribution in [-0.4, -0.2) is 42.9 Å². The second-order valence-corrected chi connectivity index (χ2v) is 6.47. The van der Waals surface area contributed by atoms with Crippen LogP contribution in [0.4, 0.5) is 10.5 Å². The molecule has 0 aliphatic heterocycles. The molecular weight excluding hydrogens is 322 g/mol. The zero-order chi connectivity index (χ0) is 18.8. The average molecular weight is 351 g/mol. The van der Waals surface area contributed by atoms with Crippen molar-refractivity contribution < 1.29 is 19.4 Å². The molecule has 7 heteroatoms. The monoisotopic (exact) mass is 351 g/mol. The second kappa shape index (κ2) is 10.7. The standard InChI is InChI=1S/C18H29N3O4/c1-12(2)10-25-11-17(23)9-19-18(24)20-13(3)15-6-5-7-16(8-15)21-14(4)22/h5-8,12-13,17,23H,9-11H2,1-4H3,(H,21,22)(H2,19,20,24)/t13-,17+/m0/s1. The summed E-state index contributed by atoms with van der Waals surface area (Å²) in [4.78, 5) is 23.0. The number of hydrogen-bond donors (Lipinski definition) is 4. The molecule has 2 atom stereocenters. The molecule has 1 aromatic rings. The minimum absolute atomic E-state index is 0.114. The number of rotatable bonds is 9. The second-order valence-electron chi connectivity index (χ2n) is 6.47. The third-order valence-electron chi connectivity index (χ3n) is 3.31. The highest BCUT2D eigenvalue weighted by Crippen LogP contribution is 2.17. The highest BCUT2D eigenvalue weighted by molar-refractivity contribution is 5.88. The van der Waals surface area contributed by atoms with Crippen LogP contribution in [0.2, 0.25) is 0 Å². The average Bonchev–Trinajstić information content (AvgIpc) is 2.52. The fourth-order valence-electron chi connectivity index (χ4n) is 2.13. The minimum Gasteiger partial charge on any atom is -0.389 e. The summed E-state index contributed by atoms with van der Waals surface area (Å²) in [6.07, 6.45) is -0.747. The van der Waals surface area contributed by atoms with Gasteiger partial charge in [0.1, 0.15) is 0 Å². The molecule has 1 rings (SSSR count). The molecule has 0 aliphatic carbocycles. The van der Waals surface area contributed by atoms with Crippen LogP contribution in [0, 0.1) is 5.92 Å². The largest absolute Gasteiger partial charge is 0.389 e. The molecule has 0 fully saturated rings. The molecule has 3 amide bonds. The van der Waals surface area contributed by atoms with Gasteiger partial charge in [-0.05, 0) is 30.5 Å². The highest BCUT2D eigenvalue weighted by atomic mass is 16.5. The summed E-state index contributed by atoms with van der Waals surface area (Å²) in [5.41, 5.74) is 1.54. The Hall–Kier alpha value is -2.12. The van der Waals surface area contributed by atoms with Gasteiger partial charge in [-0.1, -0.05) is 26.0 Å². The van der Waals surface area contributed by atoms with Crippen molar-refractivity contribution in [2.24, 2.45) is 5.92 Å². The van der Waals surface area contributed by atoms with Crippen molar-refractivity contribution in [3.63, 3.8) is 0 Å². The Morgan fingerprint density at radius 1 is 1.20 bits per heavy atom. The topological polar surface area (TPSA) is 99.7 Å². The van der Waals surface area contributed by atoms with Crippen LogP contribution in [0.3, 0.4) is 0 Å². The SMILES string of the molecule is CC(=O)Nc1cccc([C@H](C)NC(=O)NC[C@@H](O)COCC(C)C)c1. The lowest BCUT2D eigenvalue weighted by atomic mass is 10.1. The molecule has 1 aromatic carbocycles. The lowest BCUT2D eigenvalue weighted by Crippen LogP contribution is -2.41. The highest BCUT2D eigenvalue weighted by Gasteiger charge is 2.12. The Labute approximate surface area is 149 Å². The molecule has 4 N–H and O–H groups in total. The van der Waals surface area contributed by atoms with E-state index in [1.165, 1.54) is 6.92 Å². The van der Waals surface area contributed by atoms with Crippen molar-refractivity contribution in [3.8, 4) is 0 Å². The third kappa shape index (κ3) is 9.07. The number of urea groups is 1. The van der Waals surface area contributed by atoms with E-state index in [1.54, 1.807) is 12.1 Å². The predicted molar refractivity (Wildman–Crippen MR) is 97.4 cm³/mol. The van der Waals surface area contributed by atoms with Crippen molar-refractivity contribution in [1.82, 2.24) is 10.6 Å². The number of aliphatic hydroxyl groups is 1. The fourth-order valence-corrected chi connectivity index (χ4v) is 2.13. The fraction of sp³-hybridized carbons (Fsp3) is 0.556. The van der Waals surface area contributed by atoms with E-state index in [-0.39, 0.29) is 31.1 Å². The van der Waals surface area contributed by atoms with Crippen LogP contribution >= 0.6 is 0 Å².